The molecule has 0 aliphatic carbocycles. The van der Waals surface area contributed by atoms with Crippen LogP contribution >= 0.6 is 11.6 Å². The molecule has 0 saturated heterocycles. The Balaban J connectivity index is 2.11. The van der Waals surface area contributed by atoms with E-state index in [2.05, 4.69) is 5.32 Å². The standard InChI is InChI=1S/C15H12ClF2NO/c16-8-7-10-1-4-12(5-2-10)19-15(20)13-6-3-11(17)9-14(13)18/h1-6,9H,7-8H2,(H,19,20). The van der Waals surface area contributed by atoms with Gasteiger partial charge in [0.2, 0.25) is 0 Å². The third-order valence-electron chi connectivity index (χ3n) is 2.77. The second-order valence-electron chi connectivity index (χ2n) is 4.21. The maximum atomic E-state index is 13.5. The van der Waals surface area contributed by atoms with Crippen molar-refractivity contribution >= 4 is 23.2 Å². The summed E-state index contributed by atoms with van der Waals surface area (Å²) in [6.07, 6.45) is 0.738. The van der Waals surface area contributed by atoms with Gasteiger partial charge in [-0.1, -0.05) is 12.1 Å². The van der Waals surface area contributed by atoms with Crippen LogP contribution in [-0.2, 0) is 6.42 Å². The normalized spacial score (nSPS) is 10.3. The van der Waals surface area contributed by atoms with Crippen molar-refractivity contribution in [1.82, 2.24) is 0 Å². The zero-order chi connectivity index (χ0) is 14.5. The van der Waals surface area contributed by atoms with E-state index < -0.39 is 17.5 Å². The Hall–Kier alpha value is -1.94. The molecule has 0 saturated carbocycles. The van der Waals surface area contributed by atoms with Crippen LogP contribution in [0.3, 0.4) is 0 Å². The second-order valence-corrected chi connectivity index (χ2v) is 4.59. The van der Waals surface area contributed by atoms with Gasteiger partial charge in [0.25, 0.3) is 5.91 Å². The van der Waals surface area contributed by atoms with E-state index in [0.717, 1.165) is 24.1 Å². The number of amides is 1. The van der Waals surface area contributed by atoms with Gasteiger partial charge >= 0.3 is 0 Å². The lowest BCUT2D eigenvalue weighted by atomic mass is 10.1. The summed E-state index contributed by atoms with van der Waals surface area (Å²) in [5.41, 5.74) is 1.39. The molecule has 2 aromatic carbocycles. The highest BCUT2D eigenvalue weighted by atomic mass is 35.5. The van der Waals surface area contributed by atoms with Crippen molar-refractivity contribution in [3.8, 4) is 0 Å². The molecule has 104 valence electrons. The number of carbonyl (C=O) groups excluding carboxylic acids is 1. The van der Waals surface area contributed by atoms with Gasteiger partial charge < -0.3 is 5.32 Å². The Labute approximate surface area is 120 Å². The minimum absolute atomic E-state index is 0.198. The van der Waals surface area contributed by atoms with Gasteiger partial charge in [-0.15, -0.1) is 11.6 Å². The molecule has 2 aromatic rings. The molecule has 1 N–H and O–H groups in total. The first-order chi connectivity index (χ1) is 9.60. The van der Waals surface area contributed by atoms with E-state index in [-0.39, 0.29) is 5.56 Å². The summed E-state index contributed by atoms with van der Waals surface area (Å²) in [4.78, 5) is 11.9. The highest BCUT2D eigenvalue weighted by molar-refractivity contribution is 6.18. The van der Waals surface area contributed by atoms with Crippen molar-refractivity contribution in [2.75, 3.05) is 11.2 Å². The molecule has 0 fully saturated rings. The van der Waals surface area contributed by atoms with Gasteiger partial charge in [0, 0.05) is 17.6 Å². The number of anilines is 1. The van der Waals surface area contributed by atoms with Gasteiger partial charge in [-0.2, -0.15) is 0 Å². The number of hydrogen-bond acceptors (Lipinski definition) is 1. The largest absolute Gasteiger partial charge is 0.322 e. The summed E-state index contributed by atoms with van der Waals surface area (Å²) in [5.74, 6) is -1.70. The Morgan fingerprint density at radius 3 is 2.40 bits per heavy atom. The predicted molar refractivity (Wildman–Crippen MR) is 75.2 cm³/mol. The highest BCUT2D eigenvalue weighted by Gasteiger charge is 2.12. The Morgan fingerprint density at radius 2 is 1.80 bits per heavy atom. The van der Waals surface area contributed by atoms with Crippen LogP contribution in [0.2, 0.25) is 0 Å². The molecule has 0 atom stereocenters. The van der Waals surface area contributed by atoms with Crippen LogP contribution in [0.4, 0.5) is 14.5 Å². The van der Waals surface area contributed by atoms with Crippen LogP contribution < -0.4 is 5.32 Å². The Bertz CT molecular complexity index is 614. The zero-order valence-corrected chi connectivity index (χ0v) is 11.3. The second kappa shape index (κ2) is 6.48. The third kappa shape index (κ3) is 3.54. The van der Waals surface area contributed by atoms with Gasteiger partial charge in [0.05, 0.1) is 5.56 Å². The number of alkyl halides is 1. The fraction of sp³-hybridized carbons (Fsp3) is 0.133. The van der Waals surface area contributed by atoms with Crippen molar-refractivity contribution in [2.45, 2.75) is 6.42 Å². The average molecular weight is 296 g/mol. The molecule has 0 aromatic heterocycles. The van der Waals surface area contributed by atoms with Crippen molar-refractivity contribution in [1.29, 1.82) is 0 Å². The molecule has 0 aliphatic rings. The summed E-state index contributed by atoms with van der Waals surface area (Å²) in [5, 5.41) is 2.55. The molecule has 1 amide bonds. The van der Waals surface area contributed by atoms with Crippen LogP contribution in [0, 0.1) is 11.6 Å². The molecule has 0 heterocycles. The lowest BCUT2D eigenvalue weighted by Gasteiger charge is -2.07. The first kappa shape index (κ1) is 14.5. The Morgan fingerprint density at radius 1 is 1.10 bits per heavy atom. The number of carbonyl (C=O) groups is 1. The van der Waals surface area contributed by atoms with Crippen LogP contribution in [-0.4, -0.2) is 11.8 Å². The quantitative estimate of drug-likeness (QED) is 0.849. The van der Waals surface area contributed by atoms with Crippen LogP contribution in [0.25, 0.3) is 0 Å². The zero-order valence-electron chi connectivity index (χ0n) is 10.5. The Kier molecular flexibility index (Phi) is 4.69. The van der Waals surface area contributed by atoms with Crippen molar-refractivity contribution in [2.24, 2.45) is 0 Å². The summed E-state index contributed by atoms with van der Waals surface area (Å²) >= 11 is 5.63. The number of rotatable bonds is 4. The van der Waals surface area contributed by atoms with Gasteiger partial charge in [-0.05, 0) is 36.2 Å². The fourth-order valence-electron chi connectivity index (χ4n) is 1.74. The number of nitrogens with one attached hydrogen (secondary N) is 1. The van der Waals surface area contributed by atoms with Gasteiger partial charge in [0.1, 0.15) is 11.6 Å². The average Bonchev–Trinajstić information content (AvgIpc) is 2.41. The summed E-state index contributed by atoms with van der Waals surface area (Å²) in [6.45, 7) is 0. The van der Waals surface area contributed by atoms with E-state index in [4.69, 9.17) is 11.6 Å². The maximum Gasteiger partial charge on any atom is 0.258 e. The smallest absolute Gasteiger partial charge is 0.258 e. The van der Waals surface area contributed by atoms with Crippen LogP contribution in [0.5, 0.6) is 0 Å². The SMILES string of the molecule is O=C(Nc1ccc(CCCl)cc1)c1ccc(F)cc1F. The van der Waals surface area contributed by atoms with Crippen LogP contribution in [0.1, 0.15) is 15.9 Å². The molecule has 20 heavy (non-hydrogen) atoms. The highest BCUT2D eigenvalue weighted by Crippen LogP contribution is 2.14. The number of hydrogen-bond donors (Lipinski definition) is 1. The molecule has 0 spiro atoms. The molecule has 0 aliphatic heterocycles. The molecule has 0 unspecified atom stereocenters. The topological polar surface area (TPSA) is 29.1 Å². The van der Waals surface area contributed by atoms with E-state index in [1.807, 2.05) is 12.1 Å². The predicted octanol–water partition coefficient (Wildman–Crippen LogP) is 4.00. The van der Waals surface area contributed by atoms with Crippen molar-refractivity contribution in [3.63, 3.8) is 0 Å². The van der Waals surface area contributed by atoms with E-state index >= 15 is 0 Å². The summed E-state index contributed by atoms with van der Waals surface area (Å²) < 4.78 is 26.2. The molecular weight excluding hydrogens is 284 g/mol. The van der Waals surface area contributed by atoms with Crippen molar-refractivity contribution < 1.29 is 13.6 Å². The summed E-state index contributed by atoms with van der Waals surface area (Å²) in [7, 11) is 0. The van der Waals surface area contributed by atoms with Gasteiger partial charge in [0.15, 0.2) is 0 Å². The lowest BCUT2D eigenvalue weighted by molar-refractivity contribution is 0.102. The first-order valence-electron chi connectivity index (χ1n) is 6.01. The fourth-order valence-corrected chi connectivity index (χ4v) is 1.95. The molecule has 5 heteroatoms. The van der Waals surface area contributed by atoms with E-state index in [0.29, 0.717) is 17.6 Å². The molecule has 2 rings (SSSR count). The van der Waals surface area contributed by atoms with Gasteiger partial charge in [-0.3, -0.25) is 4.79 Å². The minimum atomic E-state index is -0.888. The van der Waals surface area contributed by atoms with E-state index in [1.54, 1.807) is 12.1 Å². The third-order valence-corrected chi connectivity index (χ3v) is 2.96. The molecule has 0 radical (unpaired) electrons. The van der Waals surface area contributed by atoms with Crippen molar-refractivity contribution in [3.05, 3.63) is 65.2 Å². The molecule has 2 nitrogen and oxygen atoms in total. The minimum Gasteiger partial charge on any atom is -0.322 e. The maximum absolute atomic E-state index is 13.5. The van der Waals surface area contributed by atoms with E-state index in [1.165, 1.54) is 0 Å². The number of benzene rings is 2. The first-order valence-corrected chi connectivity index (χ1v) is 6.55. The number of halogens is 3. The molecule has 0 bridgehead atoms. The number of aryl methyl sites for hydroxylation is 1. The molecular formula is C15H12ClF2NO. The lowest BCUT2D eigenvalue weighted by Crippen LogP contribution is -2.13. The van der Waals surface area contributed by atoms with Gasteiger partial charge in [-0.25, -0.2) is 8.78 Å². The summed E-state index contributed by atoms with van der Waals surface area (Å²) in [6, 6.07) is 9.92. The monoisotopic (exact) mass is 295 g/mol. The van der Waals surface area contributed by atoms with E-state index in [9.17, 15) is 13.6 Å². The van der Waals surface area contributed by atoms with Crippen LogP contribution in [0.15, 0.2) is 42.5 Å².